The van der Waals surface area contributed by atoms with E-state index < -0.39 is 10.0 Å². The van der Waals surface area contributed by atoms with Crippen LogP contribution in [0, 0.1) is 11.8 Å². The normalized spacial score (nSPS) is 27.4. The lowest BCUT2D eigenvalue weighted by atomic mass is 9.92. The van der Waals surface area contributed by atoms with Crippen molar-refractivity contribution in [2.45, 2.75) is 38.0 Å². The van der Waals surface area contributed by atoms with Crippen LogP contribution in [0.15, 0.2) is 29.2 Å². The van der Waals surface area contributed by atoms with Crippen molar-refractivity contribution in [3.05, 3.63) is 24.3 Å². The van der Waals surface area contributed by atoms with Gasteiger partial charge in [-0.15, -0.1) is 0 Å². The van der Waals surface area contributed by atoms with Gasteiger partial charge in [0.15, 0.2) is 6.54 Å². The highest BCUT2D eigenvalue weighted by molar-refractivity contribution is 7.89. The van der Waals surface area contributed by atoms with Gasteiger partial charge in [-0.2, -0.15) is 4.31 Å². The van der Waals surface area contributed by atoms with Crippen LogP contribution in [0.1, 0.15) is 33.1 Å². The highest BCUT2D eigenvalue weighted by atomic mass is 32.2. The number of carbonyl (C=O) groups excluding carboxylic acids is 1. The summed E-state index contributed by atoms with van der Waals surface area (Å²) in [6.07, 6.45) is 3.07. The molecule has 2 saturated heterocycles. The zero-order valence-electron chi connectivity index (χ0n) is 15.7. The maximum absolute atomic E-state index is 12.5. The summed E-state index contributed by atoms with van der Waals surface area (Å²) in [4.78, 5) is 13.9. The third kappa shape index (κ3) is 4.64. The van der Waals surface area contributed by atoms with Crippen LogP contribution in [0.5, 0.6) is 0 Å². The Morgan fingerprint density at radius 2 is 1.69 bits per heavy atom. The van der Waals surface area contributed by atoms with E-state index in [1.807, 2.05) is 0 Å². The summed E-state index contributed by atoms with van der Waals surface area (Å²) in [6, 6.07) is 6.53. The predicted molar refractivity (Wildman–Crippen MR) is 102 cm³/mol. The second-order valence-corrected chi connectivity index (χ2v) is 9.90. The van der Waals surface area contributed by atoms with Gasteiger partial charge in [-0.1, -0.05) is 13.8 Å². The van der Waals surface area contributed by atoms with Gasteiger partial charge in [-0.3, -0.25) is 4.79 Å². The number of benzene rings is 1. The molecule has 7 heteroatoms. The number of rotatable bonds is 5. The van der Waals surface area contributed by atoms with Gasteiger partial charge in [0.1, 0.15) is 0 Å². The lowest BCUT2D eigenvalue weighted by Crippen LogP contribution is -3.15. The molecule has 2 fully saturated rings. The Balaban J connectivity index is 1.58. The maximum Gasteiger partial charge on any atom is 0.279 e. The Morgan fingerprint density at radius 1 is 1.12 bits per heavy atom. The van der Waals surface area contributed by atoms with Crippen LogP contribution in [-0.4, -0.2) is 51.4 Å². The largest absolute Gasteiger partial charge is 0.327 e. The van der Waals surface area contributed by atoms with Crippen molar-refractivity contribution in [2.24, 2.45) is 11.8 Å². The minimum Gasteiger partial charge on any atom is -0.327 e. The third-order valence-corrected chi connectivity index (χ3v) is 7.24. The number of sulfonamides is 1. The molecule has 2 heterocycles. The Hall–Kier alpha value is -1.44. The molecule has 144 valence electrons. The molecular formula is C19H30N3O3S+. The number of anilines is 1. The molecule has 2 N–H and O–H groups in total. The lowest BCUT2D eigenvalue weighted by Gasteiger charge is -2.31. The summed E-state index contributed by atoms with van der Waals surface area (Å²) in [7, 11) is -3.40. The summed E-state index contributed by atoms with van der Waals surface area (Å²) in [5.74, 6) is 1.28. The van der Waals surface area contributed by atoms with Crippen LogP contribution in [0.4, 0.5) is 5.69 Å². The van der Waals surface area contributed by atoms with Crippen molar-refractivity contribution in [3.8, 4) is 0 Å². The lowest BCUT2D eigenvalue weighted by molar-refractivity contribution is -0.904. The molecule has 0 unspecified atom stereocenters. The number of hydrogen-bond donors (Lipinski definition) is 2. The summed E-state index contributed by atoms with van der Waals surface area (Å²) >= 11 is 0. The van der Waals surface area contributed by atoms with E-state index in [1.165, 1.54) is 15.6 Å². The first kappa shape index (κ1) is 19.3. The van der Waals surface area contributed by atoms with Crippen molar-refractivity contribution < 1.29 is 18.1 Å². The van der Waals surface area contributed by atoms with Crippen molar-refractivity contribution in [2.75, 3.05) is 38.0 Å². The molecule has 26 heavy (non-hydrogen) atoms. The average molecular weight is 381 g/mol. The SMILES string of the molecule is C[C@H]1C[C@H](C)C[NH+](CC(=O)Nc2ccc(S(=O)(=O)N3CCCC3)cc2)C1. The quantitative estimate of drug-likeness (QED) is 0.800. The van der Waals surface area contributed by atoms with Gasteiger partial charge in [0.05, 0.1) is 18.0 Å². The van der Waals surface area contributed by atoms with E-state index >= 15 is 0 Å². The zero-order valence-corrected chi connectivity index (χ0v) is 16.5. The number of hydrogen-bond acceptors (Lipinski definition) is 3. The number of likely N-dealkylation sites (tertiary alicyclic amines) is 1. The molecule has 1 aromatic rings. The van der Waals surface area contributed by atoms with Gasteiger partial charge in [-0.05, 0) is 43.5 Å². The van der Waals surface area contributed by atoms with Crippen LogP contribution >= 0.6 is 0 Å². The molecule has 1 amide bonds. The van der Waals surface area contributed by atoms with Gasteiger partial charge in [0.25, 0.3) is 5.91 Å². The summed E-state index contributed by atoms with van der Waals surface area (Å²) in [5, 5.41) is 2.90. The van der Waals surface area contributed by atoms with E-state index in [4.69, 9.17) is 0 Å². The maximum atomic E-state index is 12.5. The number of quaternary nitrogens is 1. The van der Waals surface area contributed by atoms with E-state index in [0.29, 0.717) is 42.1 Å². The third-order valence-electron chi connectivity index (χ3n) is 5.33. The number of amides is 1. The van der Waals surface area contributed by atoms with Crippen LogP contribution in [0.3, 0.4) is 0 Å². The fourth-order valence-electron chi connectivity index (χ4n) is 4.29. The van der Waals surface area contributed by atoms with Crippen molar-refractivity contribution in [3.63, 3.8) is 0 Å². The second kappa shape index (κ2) is 8.06. The minimum atomic E-state index is -3.40. The zero-order chi connectivity index (χ0) is 18.7. The molecule has 6 nitrogen and oxygen atoms in total. The summed E-state index contributed by atoms with van der Waals surface area (Å²) in [6.45, 7) is 8.20. The smallest absolute Gasteiger partial charge is 0.279 e. The number of piperidine rings is 1. The fourth-order valence-corrected chi connectivity index (χ4v) is 5.80. The molecule has 2 aliphatic heterocycles. The number of carbonyl (C=O) groups is 1. The van der Waals surface area contributed by atoms with Crippen molar-refractivity contribution in [1.82, 2.24) is 4.31 Å². The molecule has 1 aromatic carbocycles. The van der Waals surface area contributed by atoms with E-state index in [0.717, 1.165) is 25.9 Å². The molecule has 0 saturated carbocycles. The van der Waals surface area contributed by atoms with Gasteiger partial charge in [0.2, 0.25) is 10.0 Å². The van der Waals surface area contributed by atoms with E-state index in [-0.39, 0.29) is 5.91 Å². The van der Waals surface area contributed by atoms with Gasteiger partial charge in [-0.25, -0.2) is 8.42 Å². The van der Waals surface area contributed by atoms with Gasteiger partial charge in [0, 0.05) is 30.6 Å². The molecule has 0 spiro atoms. The fraction of sp³-hybridized carbons (Fsp3) is 0.632. The standard InChI is InChI=1S/C19H29N3O3S/c1-15-11-16(2)13-21(12-15)14-19(23)20-17-5-7-18(8-6-17)26(24,25)22-9-3-4-10-22/h5-8,15-16H,3-4,9-14H2,1-2H3,(H,20,23)/p+1/t15-,16-/m0/s1. The molecule has 2 aliphatic rings. The van der Waals surface area contributed by atoms with Crippen molar-refractivity contribution in [1.29, 1.82) is 0 Å². The van der Waals surface area contributed by atoms with Crippen LogP contribution < -0.4 is 10.2 Å². The number of nitrogens with zero attached hydrogens (tertiary/aromatic N) is 1. The predicted octanol–water partition coefficient (Wildman–Crippen LogP) is 0.970. The molecular weight excluding hydrogens is 350 g/mol. The first-order valence-corrected chi connectivity index (χ1v) is 11.0. The summed E-state index contributed by atoms with van der Waals surface area (Å²) < 4.78 is 26.6. The molecule has 0 bridgehead atoms. The van der Waals surface area contributed by atoms with E-state index in [9.17, 15) is 13.2 Å². The first-order valence-electron chi connectivity index (χ1n) is 9.58. The highest BCUT2D eigenvalue weighted by Gasteiger charge is 2.28. The monoisotopic (exact) mass is 380 g/mol. The Bertz CT molecular complexity index is 717. The highest BCUT2D eigenvalue weighted by Crippen LogP contribution is 2.22. The Kier molecular flexibility index (Phi) is 5.99. The van der Waals surface area contributed by atoms with Crippen LogP contribution in [0.25, 0.3) is 0 Å². The Labute approximate surface area is 156 Å². The topological polar surface area (TPSA) is 70.9 Å². The van der Waals surface area contributed by atoms with Crippen LogP contribution in [0.2, 0.25) is 0 Å². The van der Waals surface area contributed by atoms with E-state index in [1.54, 1.807) is 24.3 Å². The minimum absolute atomic E-state index is 0.0172. The van der Waals surface area contributed by atoms with Gasteiger partial charge >= 0.3 is 0 Å². The number of nitrogens with one attached hydrogen (secondary N) is 2. The molecule has 2 atom stereocenters. The van der Waals surface area contributed by atoms with Crippen LogP contribution in [-0.2, 0) is 14.8 Å². The molecule has 0 radical (unpaired) electrons. The average Bonchev–Trinajstić information content (AvgIpc) is 3.09. The molecule has 0 aliphatic carbocycles. The van der Waals surface area contributed by atoms with Crippen molar-refractivity contribution >= 4 is 21.6 Å². The van der Waals surface area contributed by atoms with Gasteiger partial charge < -0.3 is 10.2 Å². The second-order valence-electron chi connectivity index (χ2n) is 7.96. The summed E-state index contributed by atoms with van der Waals surface area (Å²) in [5.41, 5.74) is 0.646. The molecule has 3 rings (SSSR count). The Morgan fingerprint density at radius 3 is 2.27 bits per heavy atom. The first-order chi connectivity index (χ1) is 12.3. The molecule has 0 aromatic heterocycles. The van der Waals surface area contributed by atoms with E-state index in [2.05, 4.69) is 19.2 Å².